The van der Waals surface area contributed by atoms with Gasteiger partial charge in [-0.15, -0.1) is 23.1 Å². The quantitative estimate of drug-likeness (QED) is 0.278. The normalized spacial score (nSPS) is 11.2. The molecule has 0 bridgehead atoms. The number of nitrogens with zero attached hydrogens (tertiary/aromatic N) is 5. The van der Waals surface area contributed by atoms with Gasteiger partial charge in [-0.3, -0.25) is 13.8 Å². The van der Waals surface area contributed by atoms with Crippen LogP contribution >= 0.6 is 23.1 Å². The second-order valence-electron chi connectivity index (χ2n) is 7.37. The highest BCUT2D eigenvalue weighted by Crippen LogP contribution is 2.38. The summed E-state index contributed by atoms with van der Waals surface area (Å²) in [7, 11) is 0. The van der Waals surface area contributed by atoms with Gasteiger partial charge < -0.3 is 5.32 Å². The fraction of sp³-hybridized carbons (Fsp3) is 0.318. The first kappa shape index (κ1) is 23.1. The Morgan fingerprint density at radius 3 is 2.79 bits per heavy atom. The van der Waals surface area contributed by atoms with Crippen molar-refractivity contribution in [2.45, 2.75) is 37.3 Å². The van der Waals surface area contributed by atoms with Crippen LogP contribution in [0.25, 0.3) is 11.5 Å². The monoisotopic (exact) mass is 486 g/mol. The van der Waals surface area contributed by atoms with Gasteiger partial charge in [0.15, 0.2) is 11.6 Å². The van der Waals surface area contributed by atoms with Crippen LogP contribution in [-0.4, -0.2) is 42.7 Å². The van der Waals surface area contributed by atoms with Gasteiger partial charge in [0, 0.05) is 29.2 Å². The van der Waals surface area contributed by atoms with Crippen LogP contribution in [0.5, 0.6) is 0 Å². The largest absolute Gasteiger partial charge is 0.354 e. The number of fused-ring (bicyclic) bond motifs is 1. The molecular weight excluding hydrogens is 463 g/mol. The van der Waals surface area contributed by atoms with Gasteiger partial charge >= 0.3 is 5.69 Å². The molecule has 2 aromatic rings. The molecule has 2 aromatic heterocycles. The van der Waals surface area contributed by atoms with E-state index in [9.17, 15) is 14.0 Å². The molecule has 0 atom stereocenters. The third-order valence-electron chi connectivity index (χ3n) is 5.12. The Kier molecular flexibility index (Phi) is 7.19. The average molecular weight is 487 g/mol. The first-order valence-electron chi connectivity index (χ1n) is 10.5. The molecule has 0 saturated carbocycles. The topological polar surface area (TPSA) is 94.7 Å². The molecule has 4 rings (SSSR count). The molecule has 0 saturated heterocycles. The predicted octanol–water partition coefficient (Wildman–Crippen LogP) is 4.41. The molecule has 2 aliphatic rings. The van der Waals surface area contributed by atoms with Crippen molar-refractivity contribution >= 4 is 34.8 Å². The van der Waals surface area contributed by atoms with Gasteiger partial charge in [0.25, 0.3) is 5.91 Å². The number of nitrogens with one attached hydrogen (secondary N) is 1. The van der Waals surface area contributed by atoms with E-state index < -0.39 is 11.6 Å². The van der Waals surface area contributed by atoms with Gasteiger partial charge in [-0.1, -0.05) is 6.42 Å². The molecule has 33 heavy (non-hydrogen) atoms. The van der Waals surface area contributed by atoms with Crippen LogP contribution in [0.3, 0.4) is 0 Å². The smallest absolute Gasteiger partial charge is 0.305 e. The maximum absolute atomic E-state index is 12.9. The fourth-order valence-corrected chi connectivity index (χ4v) is 5.80. The van der Waals surface area contributed by atoms with E-state index >= 15 is 0 Å². The number of unbranched alkanes of at least 4 members (excludes halogenated alkanes) is 2. The van der Waals surface area contributed by atoms with Crippen LogP contribution in [-0.2, 0) is 0 Å². The first-order chi connectivity index (χ1) is 16.0. The number of aromatic nitrogens is 5. The second-order valence-corrected chi connectivity index (χ2v) is 9.95. The zero-order chi connectivity index (χ0) is 23.4. The molecule has 8 nitrogen and oxygen atoms in total. The summed E-state index contributed by atoms with van der Waals surface area (Å²) in [5, 5.41) is 6.90. The number of imidazole rings is 1. The zero-order valence-electron chi connectivity index (χ0n) is 18.2. The van der Waals surface area contributed by atoms with E-state index in [-0.39, 0.29) is 12.5 Å². The number of pyridine rings is 1. The Hall–Kier alpha value is -3.05. The average Bonchev–Trinajstić information content (AvgIpc) is 3.45. The molecule has 172 valence electrons. The molecule has 0 fully saturated rings. The highest BCUT2D eigenvalue weighted by Gasteiger charge is 2.25. The number of hydrogen-bond acceptors (Lipinski definition) is 7. The number of anilines is 1. The number of alkyl halides is 1. The van der Waals surface area contributed by atoms with Crippen LogP contribution in [0.1, 0.15) is 40.2 Å². The SMILES string of the molecule is Cc1sc(SCCCCCF)c2c(NC(=O)c3ccc(-n4cccn4)nc3)nc(=O)n-2c1C. The summed E-state index contributed by atoms with van der Waals surface area (Å²) in [6.45, 7) is 3.51. The molecule has 0 aromatic carbocycles. The van der Waals surface area contributed by atoms with Crippen molar-refractivity contribution in [3.63, 3.8) is 0 Å². The highest BCUT2D eigenvalue weighted by molar-refractivity contribution is 8.01. The molecule has 0 radical (unpaired) electrons. The Bertz CT molecular complexity index is 1270. The summed E-state index contributed by atoms with van der Waals surface area (Å²) in [6.07, 6.45) is 7.10. The fourth-order valence-electron chi connectivity index (χ4n) is 3.28. The Morgan fingerprint density at radius 2 is 2.09 bits per heavy atom. The summed E-state index contributed by atoms with van der Waals surface area (Å²) in [5.74, 6) is 1.20. The Morgan fingerprint density at radius 1 is 1.24 bits per heavy atom. The Labute approximate surface area is 198 Å². The van der Waals surface area contributed by atoms with Crippen LogP contribution in [0.2, 0.25) is 0 Å². The summed E-state index contributed by atoms with van der Waals surface area (Å²) in [6, 6.07) is 5.13. The third kappa shape index (κ3) is 4.98. The van der Waals surface area contributed by atoms with Crippen molar-refractivity contribution in [1.82, 2.24) is 24.3 Å². The number of halogens is 1. The van der Waals surface area contributed by atoms with Crippen LogP contribution in [0.15, 0.2) is 45.8 Å². The summed E-state index contributed by atoms with van der Waals surface area (Å²) in [5.41, 5.74) is 1.30. The molecule has 1 amide bonds. The van der Waals surface area contributed by atoms with Gasteiger partial charge in [0.05, 0.1) is 16.4 Å². The number of carbonyl (C=O) groups excluding carboxylic acids is 1. The summed E-state index contributed by atoms with van der Waals surface area (Å²) in [4.78, 5) is 35.0. The molecule has 4 heterocycles. The molecule has 0 aliphatic carbocycles. The van der Waals surface area contributed by atoms with Crippen molar-refractivity contribution in [2.24, 2.45) is 0 Å². The van der Waals surface area contributed by atoms with Gasteiger partial charge in [-0.25, -0.2) is 14.5 Å². The highest BCUT2D eigenvalue weighted by atomic mass is 32.2. The lowest BCUT2D eigenvalue weighted by atomic mass is 10.2. The Balaban J connectivity index is 1.59. The lowest BCUT2D eigenvalue weighted by molar-refractivity contribution is 0.102. The number of rotatable bonds is 9. The minimum atomic E-state index is -0.430. The summed E-state index contributed by atoms with van der Waals surface area (Å²) < 4.78 is 16.4. The number of carbonyl (C=O) groups is 1. The van der Waals surface area contributed by atoms with Gasteiger partial charge in [-0.2, -0.15) is 10.1 Å². The minimum Gasteiger partial charge on any atom is -0.305 e. The molecule has 0 unspecified atom stereocenters. The molecule has 2 aliphatic heterocycles. The summed E-state index contributed by atoms with van der Waals surface area (Å²) >= 11 is 3.16. The van der Waals surface area contributed by atoms with E-state index in [1.807, 2.05) is 13.8 Å². The molecule has 11 heteroatoms. The van der Waals surface area contributed by atoms with E-state index in [2.05, 4.69) is 20.4 Å². The first-order valence-corrected chi connectivity index (χ1v) is 12.3. The second kappa shape index (κ2) is 10.3. The maximum atomic E-state index is 12.9. The van der Waals surface area contributed by atoms with Crippen LogP contribution in [0, 0.1) is 13.8 Å². The molecule has 1 N–H and O–H groups in total. The van der Waals surface area contributed by atoms with E-state index in [1.54, 1.807) is 62.9 Å². The van der Waals surface area contributed by atoms with Crippen molar-refractivity contribution in [3.8, 4) is 11.5 Å². The number of thioether (sulfide) groups is 1. The van der Waals surface area contributed by atoms with Crippen molar-refractivity contribution in [3.05, 3.63) is 63.4 Å². The zero-order valence-corrected chi connectivity index (χ0v) is 19.9. The van der Waals surface area contributed by atoms with Crippen molar-refractivity contribution in [2.75, 3.05) is 17.7 Å². The molecular formula is C22H23FN6O2S2. The standard InChI is InChI=1S/C22H23FN6O2S2/c1-14-15(2)33-21(32-12-5-3-4-9-23)18-19(27-22(31)29(14)18)26-20(30)16-7-8-17(24-13-16)28-11-6-10-25-28/h6-8,10-11,13H,3-5,9,12H2,1-2H3,(H,26,27,30,31). The van der Waals surface area contributed by atoms with E-state index in [0.717, 1.165) is 33.4 Å². The van der Waals surface area contributed by atoms with Crippen LogP contribution < -0.4 is 11.0 Å². The van der Waals surface area contributed by atoms with Gasteiger partial charge in [-0.05, 0) is 50.6 Å². The third-order valence-corrected chi connectivity index (χ3v) is 7.66. The minimum absolute atomic E-state index is 0.228. The van der Waals surface area contributed by atoms with Crippen LogP contribution in [0.4, 0.5) is 10.2 Å². The number of amides is 1. The lowest BCUT2D eigenvalue weighted by Gasteiger charge is -2.15. The number of aryl methyl sites for hydroxylation is 1. The number of hydrogen-bond donors (Lipinski definition) is 1. The maximum Gasteiger partial charge on any atom is 0.354 e. The molecule has 0 spiro atoms. The van der Waals surface area contributed by atoms with Gasteiger partial charge in [0.1, 0.15) is 5.69 Å². The van der Waals surface area contributed by atoms with Gasteiger partial charge in [0.2, 0.25) is 0 Å². The van der Waals surface area contributed by atoms with E-state index in [0.29, 0.717) is 23.5 Å². The van der Waals surface area contributed by atoms with E-state index in [4.69, 9.17) is 0 Å². The lowest BCUT2D eigenvalue weighted by Crippen LogP contribution is -2.17. The van der Waals surface area contributed by atoms with Crippen molar-refractivity contribution < 1.29 is 9.18 Å². The predicted molar refractivity (Wildman–Crippen MR) is 128 cm³/mol. The van der Waals surface area contributed by atoms with E-state index in [1.165, 1.54) is 6.20 Å². The van der Waals surface area contributed by atoms with Crippen molar-refractivity contribution in [1.29, 1.82) is 0 Å².